The Bertz CT molecular complexity index is 598. The molecule has 2 N–H and O–H groups in total. The van der Waals surface area contributed by atoms with Crippen molar-refractivity contribution in [3.8, 4) is 6.07 Å². The monoisotopic (exact) mass is 312 g/mol. The van der Waals surface area contributed by atoms with Gasteiger partial charge >= 0.3 is 0 Å². The van der Waals surface area contributed by atoms with Crippen molar-refractivity contribution < 1.29 is 18.3 Å². The lowest BCUT2D eigenvalue weighted by Crippen LogP contribution is -2.27. The van der Waals surface area contributed by atoms with E-state index in [2.05, 4.69) is 15.3 Å². The highest BCUT2D eigenvalue weighted by molar-refractivity contribution is 7.91. The largest absolute Gasteiger partial charge is 0.483 e. The number of rotatable bonds is 3. The van der Waals surface area contributed by atoms with Crippen LogP contribution >= 0.6 is 0 Å². The fourth-order valence-electron chi connectivity index (χ4n) is 1.93. The minimum atomic E-state index is -2.82. The van der Waals surface area contributed by atoms with Crippen molar-refractivity contribution in [3.05, 3.63) is 18.1 Å². The first-order valence-electron chi connectivity index (χ1n) is 6.25. The summed E-state index contributed by atoms with van der Waals surface area (Å²) in [6.45, 7) is 0.378. The van der Waals surface area contributed by atoms with Gasteiger partial charge in [-0.1, -0.05) is 0 Å². The number of hydrogen-bond donors (Lipinski definition) is 2. The molecule has 2 rings (SSSR count). The number of carbonyl (C=O) groups is 1. The highest BCUT2D eigenvalue weighted by Crippen LogP contribution is 2.19. The number of nitriles is 1. The summed E-state index contributed by atoms with van der Waals surface area (Å²) in [5.74, 6) is 1.28. The van der Waals surface area contributed by atoms with Crippen LogP contribution in [0.1, 0.15) is 18.5 Å². The van der Waals surface area contributed by atoms with E-state index in [4.69, 9.17) is 15.2 Å². The SMILES string of the molecule is N#Cc1nccnc1NCC1CCS(=O)(=O)CC1.O=CO. The Labute approximate surface area is 122 Å². The maximum absolute atomic E-state index is 11.3. The Morgan fingerprint density at radius 1 is 1.38 bits per heavy atom. The van der Waals surface area contributed by atoms with Gasteiger partial charge in [0.1, 0.15) is 15.9 Å². The zero-order valence-corrected chi connectivity index (χ0v) is 12.1. The van der Waals surface area contributed by atoms with Crippen molar-refractivity contribution >= 4 is 22.1 Å². The van der Waals surface area contributed by atoms with Crippen LogP contribution in [0.2, 0.25) is 0 Å². The van der Waals surface area contributed by atoms with Gasteiger partial charge in [-0.3, -0.25) is 4.79 Å². The summed E-state index contributed by atoms with van der Waals surface area (Å²) in [5, 5.41) is 18.8. The van der Waals surface area contributed by atoms with Crippen molar-refractivity contribution in [2.24, 2.45) is 5.92 Å². The predicted octanol–water partition coefficient (Wildman–Crippen LogP) is 0.286. The summed E-state index contributed by atoms with van der Waals surface area (Å²) in [6, 6.07) is 1.96. The van der Waals surface area contributed by atoms with Crippen LogP contribution in [-0.2, 0) is 14.6 Å². The van der Waals surface area contributed by atoms with Crippen LogP contribution in [0.5, 0.6) is 0 Å². The van der Waals surface area contributed by atoms with Crippen molar-refractivity contribution in [1.82, 2.24) is 9.97 Å². The summed E-state index contributed by atoms with van der Waals surface area (Å²) >= 11 is 0. The Morgan fingerprint density at radius 2 is 1.95 bits per heavy atom. The highest BCUT2D eigenvalue weighted by atomic mass is 32.2. The number of anilines is 1. The number of nitrogens with one attached hydrogen (secondary N) is 1. The molecule has 0 unspecified atom stereocenters. The normalized spacial score (nSPS) is 16.9. The smallest absolute Gasteiger partial charge is 0.290 e. The lowest BCUT2D eigenvalue weighted by atomic mass is 10.0. The number of sulfone groups is 1. The molecule has 0 atom stereocenters. The third-order valence-corrected chi connectivity index (χ3v) is 4.75. The molecule has 1 aromatic heterocycles. The lowest BCUT2D eigenvalue weighted by molar-refractivity contribution is -0.122. The molecule has 8 nitrogen and oxygen atoms in total. The average Bonchev–Trinajstić information content (AvgIpc) is 2.47. The maximum atomic E-state index is 11.3. The molecule has 1 saturated heterocycles. The van der Waals surface area contributed by atoms with E-state index >= 15 is 0 Å². The fraction of sp³-hybridized carbons (Fsp3) is 0.500. The van der Waals surface area contributed by atoms with E-state index in [1.54, 1.807) is 0 Å². The van der Waals surface area contributed by atoms with Crippen molar-refractivity contribution in [2.75, 3.05) is 23.4 Å². The third kappa shape index (κ3) is 5.74. The Hall–Kier alpha value is -2.21. The number of aromatic nitrogens is 2. The van der Waals surface area contributed by atoms with Gasteiger partial charge in [0.15, 0.2) is 11.5 Å². The molecule has 0 amide bonds. The van der Waals surface area contributed by atoms with Gasteiger partial charge in [-0.2, -0.15) is 5.26 Å². The van der Waals surface area contributed by atoms with E-state index in [1.807, 2.05) is 6.07 Å². The summed E-state index contributed by atoms with van der Waals surface area (Å²) in [4.78, 5) is 16.3. The molecule has 21 heavy (non-hydrogen) atoms. The highest BCUT2D eigenvalue weighted by Gasteiger charge is 2.23. The van der Waals surface area contributed by atoms with Gasteiger partial charge in [0.25, 0.3) is 6.47 Å². The van der Waals surface area contributed by atoms with Gasteiger partial charge in [0, 0.05) is 18.9 Å². The van der Waals surface area contributed by atoms with Crippen LogP contribution in [-0.4, -0.2) is 48.0 Å². The van der Waals surface area contributed by atoms with Crippen LogP contribution in [0.4, 0.5) is 5.82 Å². The van der Waals surface area contributed by atoms with Gasteiger partial charge in [0.2, 0.25) is 0 Å². The zero-order chi connectivity index (χ0) is 15.7. The van der Waals surface area contributed by atoms with Crippen molar-refractivity contribution in [2.45, 2.75) is 12.8 Å². The van der Waals surface area contributed by atoms with Crippen LogP contribution in [0.3, 0.4) is 0 Å². The molecule has 0 aromatic carbocycles. The number of carboxylic acid groups (broad SMARTS) is 1. The van der Waals surface area contributed by atoms with E-state index in [1.165, 1.54) is 12.4 Å². The molecule has 2 heterocycles. The summed E-state index contributed by atoms with van der Waals surface area (Å²) in [7, 11) is -2.82. The van der Waals surface area contributed by atoms with Gasteiger partial charge in [-0.25, -0.2) is 18.4 Å². The second-order valence-corrected chi connectivity index (χ2v) is 6.75. The molecule has 0 spiro atoms. The van der Waals surface area contributed by atoms with Gasteiger partial charge in [0.05, 0.1) is 11.5 Å². The van der Waals surface area contributed by atoms with Gasteiger partial charge in [-0.15, -0.1) is 0 Å². The van der Waals surface area contributed by atoms with Crippen molar-refractivity contribution in [3.63, 3.8) is 0 Å². The minimum Gasteiger partial charge on any atom is -0.483 e. The Balaban J connectivity index is 0.000000677. The quantitative estimate of drug-likeness (QED) is 0.760. The molecule has 9 heteroatoms. The molecule has 114 valence electrons. The maximum Gasteiger partial charge on any atom is 0.290 e. The first kappa shape index (κ1) is 16.8. The molecule has 1 aromatic rings. The second kappa shape index (κ2) is 8.16. The third-order valence-electron chi connectivity index (χ3n) is 3.04. The first-order valence-corrected chi connectivity index (χ1v) is 8.07. The standard InChI is InChI=1S/C11H14N4O2S.CH2O2/c12-7-10-11(14-4-3-13-10)15-8-9-1-5-18(16,17)6-2-9;2-1-3/h3-4,9H,1-2,5-6,8H2,(H,14,15);1H,(H,2,3). The molecular weight excluding hydrogens is 296 g/mol. The molecular formula is C12H16N4O4S. The molecule has 1 fully saturated rings. The Kier molecular flexibility index (Phi) is 6.55. The predicted molar refractivity (Wildman–Crippen MR) is 75.3 cm³/mol. The van der Waals surface area contributed by atoms with Crippen LogP contribution in [0, 0.1) is 17.2 Å². The Morgan fingerprint density at radius 3 is 2.52 bits per heavy atom. The number of hydrogen-bond acceptors (Lipinski definition) is 7. The molecule has 0 bridgehead atoms. The van der Waals surface area contributed by atoms with Crippen LogP contribution < -0.4 is 5.32 Å². The van der Waals surface area contributed by atoms with Crippen molar-refractivity contribution in [1.29, 1.82) is 5.26 Å². The van der Waals surface area contributed by atoms with Gasteiger partial charge in [-0.05, 0) is 18.8 Å². The minimum absolute atomic E-state index is 0.250. The fourth-order valence-corrected chi connectivity index (χ4v) is 3.52. The van der Waals surface area contributed by atoms with E-state index in [-0.39, 0.29) is 23.7 Å². The molecule has 0 saturated carbocycles. The molecule has 0 aliphatic carbocycles. The summed E-state index contributed by atoms with van der Waals surface area (Å²) in [6.07, 6.45) is 4.32. The topological polar surface area (TPSA) is 133 Å². The van der Waals surface area contributed by atoms with Crippen LogP contribution in [0.25, 0.3) is 0 Å². The zero-order valence-electron chi connectivity index (χ0n) is 11.3. The first-order chi connectivity index (χ1) is 10.0. The van der Waals surface area contributed by atoms with E-state index in [0.29, 0.717) is 31.1 Å². The summed E-state index contributed by atoms with van der Waals surface area (Å²) < 4.78 is 22.6. The van der Waals surface area contributed by atoms with Crippen LogP contribution in [0.15, 0.2) is 12.4 Å². The molecule has 1 aliphatic heterocycles. The van der Waals surface area contributed by atoms with E-state index in [0.717, 1.165) is 0 Å². The van der Waals surface area contributed by atoms with E-state index < -0.39 is 9.84 Å². The average molecular weight is 312 g/mol. The molecule has 0 radical (unpaired) electrons. The number of nitrogens with zero attached hydrogens (tertiary/aromatic N) is 3. The van der Waals surface area contributed by atoms with E-state index in [9.17, 15) is 8.42 Å². The lowest BCUT2D eigenvalue weighted by Gasteiger charge is -2.22. The summed E-state index contributed by atoms with van der Waals surface area (Å²) in [5.41, 5.74) is 0.265. The second-order valence-electron chi connectivity index (χ2n) is 4.45. The molecule has 1 aliphatic rings. The van der Waals surface area contributed by atoms with Gasteiger partial charge < -0.3 is 10.4 Å².